The topological polar surface area (TPSA) is 64.0 Å². The monoisotopic (exact) mass is 343 g/mol. The van der Waals surface area contributed by atoms with Gasteiger partial charge in [-0.25, -0.2) is 22.5 Å². The summed E-state index contributed by atoms with van der Waals surface area (Å²) in [7, 11) is -3.91. The Kier molecular flexibility index (Phi) is 4.20. The fourth-order valence-corrected chi connectivity index (χ4v) is 4.03. The Balaban J connectivity index is 1.70. The zero-order valence-corrected chi connectivity index (χ0v) is 13.2. The van der Waals surface area contributed by atoms with Gasteiger partial charge in [-0.2, -0.15) is 0 Å². The molecule has 0 bridgehead atoms. The number of rotatable bonds is 4. The van der Waals surface area contributed by atoms with Crippen molar-refractivity contribution >= 4 is 21.6 Å². The number of aromatic nitrogens is 2. The highest BCUT2D eigenvalue weighted by Crippen LogP contribution is 2.23. The quantitative estimate of drug-likeness (QED) is 0.925. The van der Waals surface area contributed by atoms with E-state index in [0.717, 1.165) is 18.8 Å². The van der Waals surface area contributed by atoms with E-state index in [4.69, 9.17) is 11.6 Å². The Hall–Kier alpha value is -1.44. The highest BCUT2D eigenvalue weighted by molar-refractivity contribution is 7.89. The lowest BCUT2D eigenvalue weighted by molar-refractivity contribution is 0.379. The molecular weight excluding hydrogens is 329 g/mol. The zero-order valence-electron chi connectivity index (χ0n) is 11.7. The van der Waals surface area contributed by atoms with Gasteiger partial charge in [-0.15, -0.1) is 0 Å². The number of aryl methyl sites for hydroxylation is 1. The molecule has 1 atom stereocenters. The predicted molar refractivity (Wildman–Crippen MR) is 80.6 cm³/mol. The second-order valence-electron chi connectivity index (χ2n) is 5.30. The lowest BCUT2D eigenvalue weighted by Crippen LogP contribution is -2.33. The van der Waals surface area contributed by atoms with Gasteiger partial charge < -0.3 is 4.57 Å². The first-order valence-electron chi connectivity index (χ1n) is 6.91. The second-order valence-corrected chi connectivity index (χ2v) is 7.44. The Bertz CT molecular complexity index is 791. The summed E-state index contributed by atoms with van der Waals surface area (Å²) < 4.78 is 42.8. The van der Waals surface area contributed by atoms with Gasteiger partial charge in [0, 0.05) is 31.9 Å². The molecule has 0 unspecified atom stereocenters. The van der Waals surface area contributed by atoms with E-state index < -0.39 is 20.7 Å². The van der Waals surface area contributed by atoms with Crippen molar-refractivity contribution in [2.75, 3.05) is 6.54 Å². The van der Waals surface area contributed by atoms with Gasteiger partial charge in [0.2, 0.25) is 10.0 Å². The van der Waals surface area contributed by atoms with Crippen LogP contribution in [0.15, 0.2) is 35.5 Å². The first-order valence-corrected chi connectivity index (χ1v) is 8.77. The van der Waals surface area contributed by atoms with E-state index in [9.17, 15) is 12.8 Å². The van der Waals surface area contributed by atoms with Gasteiger partial charge in [-0.05, 0) is 24.5 Å². The number of halogens is 2. The SMILES string of the molecule is O=S(=O)(NC[C@@H]1CCn2ccnc2C1)c1cccc(Cl)c1F. The Morgan fingerprint density at radius 3 is 3.09 bits per heavy atom. The van der Waals surface area contributed by atoms with Gasteiger partial charge in [-0.1, -0.05) is 17.7 Å². The average Bonchev–Trinajstić information content (AvgIpc) is 2.95. The summed E-state index contributed by atoms with van der Waals surface area (Å²) in [6.07, 6.45) is 5.21. The maximum absolute atomic E-state index is 13.9. The molecule has 1 aliphatic rings. The zero-order chi connectivity index (χ0) is 15.7. The summed E-state index contributed by atoms with van der Waals surface area (Å²) in [5.41, 5.74) is 0. The molecule has 8 heteroatoms. The lowest BCUT2D eigenvalue weighted by atomic mass is 9.98. The first-order chi connectivity index (χ1) is 10.5. The van der Waals surface area contributed by atoms with Crippen LogP contribution in [-0.4, -0.2) is 24.5 Å². The molecular formula is C14H15ClFN3O2S. The van der Waals surface area contributed by atoms with Gasteiger partial charge >= 0.3 is 0 Å². The number of hydrogen-bond donors (Lipinski definition) is 1. The van der Waals surface area contributed by atoms with Crippen molar-refractivity contribution < 1.29 is 12.8 Å². The molecule has 5 nitrogen and oxygen atoms in total. The third kappa shape index (κ3) is 3.02. The van der Waals surface area contributed by atoms with Crippen molar-refractivity contribution in [1.29, 1.82) is 0 Å². The molecule has 3 rings (SSSR count). The molecule has 0 fully saturated rings. The Labute approximate surface area is 133 Å². The minimum Gasteiger partial charge on any atom is -0.335 e. The Morgan fingerprint density at radius 2 is 2.27 bits per heavy atom. The van der Waals surface area contributed by atoms with Gasteiger partial charge in [-0.3, -0.25) is 0 Å². The highest BCUT2D eigenvalue weighted by Gasteiger charge is 2.24. The van der Waals surface area contributed by atoms with Crippen molar-refractivity contribution in [3.63, 3.8) is 0 Å². The van der Waals surface area contributed by atoms with Gasteiger partial charge in [0.15, 0.2) is 5.82 Å². The maximum Gasteiger partial charge on any atom is 0.243 e. The number of benzene rings is 1. The van der Waals surface area contributed by atoms with Crippen molar-refractivity contribution in [2.24, 2.45) is 5.92 Å². The molecule has 0 saturated heterocycles. The molecule has 1 aromatic carbocycles. The third-order valence-electron chi connectivity index (χ3n) is 3.82. The summed E-state index contributed by atoms with van der Waals surface area (Å²) >= 11 is 5.63. The molecule has 1 aromatic heterocycles. The van der Waals surface area contributed by atoms with Crippen LogP contribution in [0.4, 0.5) is 4.39 Å². The van der Waals surface area contributed by atoms with E-state index in [1.165, 1.54) is 18.2 Å². The molecule has 0 radical (unpaired) electrons. The summed E-state index contributed by atoms with van der Waals surface area (Å²) in [5, 5.41) is -0.206. The molecule has 22 heavy (non-hydrogen) atoms. The van der Waals surface area contributed by atoms with Crippen molar-refractivity contribution in [2.45, 2.75) is 24.3 Å². The average molecular weight is 344 g/mol. The van der Waals surface area contributed by atoms with Crippen molar-refractivity contribution in [3.8, 4) is 0 Å². The number of nitrogens with one attached hydrogen (secondary N) is 1. The van der Waals surface area contributed by atoms with E-state index in [1.54, 1.807) is 6.20 Å². The molecule has 118 valence electrons. The van der Waals surface area contributed by atoms with Crippen LogP contribution in [0.1, 0.15) is 12.2 Å². The minimum atomic E-state index is -3.91. The summed E-state index contributed by atoms with van der Waals surface area (Å²) in [6, 6.07) is 3.94. The normalized spacial score (nSPS) is 18.2. The summed E-state index contributed by atoms with van der Waals surface area (Å²) in [5.74, 6) is 0.173. The van der Waals surface area contributed by atoms with Gasteiger partial charge in [0.1, 0.15) is 10.7 Å². The summed E-state index contributed by atoms with van der Waals surface area (Å²) in [4.78, 5) is 3.82. The molecule has 0 spiro atoms. The van der Waals surface area contributed by atoms with E-state index in [1.807, 2.05) is 6.20 Å². The molecule has 1 aliphatic heterocycles. The fraction of sp³-hybridized carbons (Fsp3) is 0.357. The van der Waals surface area contributed by atoms with Crippen LogP contribution in [-0.2, 0) is 23.0 Å². The minimum absolute atomic E-state index is 0.145. The van der Waals surface area contributed by atoms with Crippen molar-refractivity contribution in [1.82, 2.24) is 14.3 Å². The Morgan fingerprint density at radius 1 is 1.45 bits per heavy atom. The second kappa shape index (κ2) is 5.98. The number of nitrogens with zero attached hydrogens (tertiary/aromatic N) is 2. The largest absolute Gasteiger partial charge is 0.335 e. The standard InChI is InChI=1S/C14H15ClFN3O2S/c15-11-2-1-3-12(14(11)16)22(20,21)18-9-10-4-6-19-7-5-17-13(19)8-10/h1-3,5,7,10,18H,4,6,8-9H2/t10-/m1/s1. The van der Waals surface area contributed by atoms with Crippen LogP contribution in [0.3, 0.4) is 0 Å². The van der Waals surface area contributed by atoms with E-state index in [-0.39, 0.29) is 17.5 Å². The molecule has 0 saturated carbocycles. The highest BCUT2D eigenvalue weighted by atomic mass is 35.5. The molecule has 2 aromatic rings. The van der Waals surface area contributed by atoms with Crippen LogP contribution in [0.5, 0.6) is 0 Å². The van der Waals surface area contributed by atoms with E-state index in [2.05, 4.69) is 14.3 Å². The smallest absolute Gasteiger partial charge is 0.243 e. The number of fused-ring (bicyclic) bond motifs is 1. The van der Waals surface area contributed by atoms with Gasteiger partial charge in [0.25, 0.3) is 0 Å². The molecule has 0 amide bonds. The van der Waals surface area contributed by atoms with E-state index >= 15 is 0 Å². The maximum atomic E-state index is 13.9. The third-order valence-corrected chi connectivity index (χ3v) is 5.55. The summed E-state index contributed by atoms with van der Waals surface area (Å²) in [6.45, 7) is 1.06. The van der Waals surface area contributed by atoms with Crippen LogP contribution < -0.4 is 4.72 Å². The van der Waals surface area contributed by atoms with E-state index in [0.29, 0.717) is 6.42 Å². The first kappa shape index (κ1) is 15.5. The van der Waals surface area contributed by atoms with Crippen LogP contribution in [0, 0.1) is 11.7 Å². The number of sulfonamides is 1. The lowest BCUT2D eigenvalue weighted by Gasteiger charge is -2.23. The molecule has 2 heterocycles. The van der Waals surface area contributed by atoms with Crippen molar-refractivity contribution in [3.05, 3.63) is 47.3 Å². The molecule has 0 aliphatic carbocycles. The van der Waals surface area contributed by atoms with Gasteiger partial charge in [0.05, 0.1) is 5.02 Å². The number of imidazole rings is 1. The predicted octanol–water partition coefficient (Wildman–Crippen LogP) is 2.22. The van der Waals surface area contributed by atoms with Crippen LogP contribution in [0.2, 0.25) is 5.02 Å². The van der Waals surface area contributed by atoms with Crippen LogP contribution in [0.25, 0.3) is 0 Å². The number of hydrogen-bond acceptors (Lipinski definition) is 3. The fourth-order valence-electron chi connectivity index (χ4n) is 2.59. The molecule has 1 N–H and O–H groups in total. The van der Waals surface area contributed by atoms with Crippen LogP contribution >= 0.6 is 11.6 Å².